The molecule has 1 saturated carbocycles. The number of hydrogen-bond donors (Lipinski definition) is 0. The van der Waals surface area contributed by atoms with Gasteiger partial charge >= 0.3 is 5.97 Å². The van der Waals surface area contributed by atoms with Crippen molar-refractivity contribution in [3.8, 4) is 0 Å². The van der Waals surface area contributed by atoms with Crippen molar-refractivity contribution in [2.24, 2.45) is 5.41 Å². The summed E-state index contributed by atoms with van der Waals surface area (Å²) < 4.78 is 17.8. The number of carbonyl (C=O) groups is 3. The van der Waals surface area contributed by atoms with Crippen molar-refractivity contribution in [3.05, 3.63) is 0 Å². The molecule has 1 rings (SSSR count). The zero-order valence-corrected chi connectivity index (χ0v) is 8.71. The molecule has 0 saturated heterocycles. The van der Waals surface area contributed by atoms with E-state index in [1.807, 2.05) is 0 Å². The van der Waals surface area contributed by atoms with Gasteiger partial charge in [0.15, 0.2) is 17.7 Å². The maximum Gasteiger partial charge on any atom is 0.319 e. The Hall–Kier alpha value is -1.26. The number of ether oxygens (including phenoxy) is 1. The van der Waals surface area contributed by atoms with Crippen molar-refractivity contribution in [2.75, 3.05) is 6.61 Å². The molecule has 4 nitrogen and oxygen atoms in total. The molecule has 1 unspecified atom stereocenters. The first-order chi connectivity index (χ1) is 6.91. The van der Waals surface area contributed by atoms with Crippen molar-refractivity contribution in [1.29, 1.82) is 0 Å². The molecule has 0 spiro atoms. The molecule has 1 aliphatic carbocycles. The summed E-state index contributed by atoms with van der Waals surface area (Å²) in [5.41, 5.74) is -1.50. The van der Waals surface area contributed by atoms with Crippen LogP contribution in [-0.4, -0.2) is 30.3 Å². The van der Waals surface area contributed by atoms with Crippen molar-refractivity contribution < 1.29 is 23.5 Å². The maximum atomic E-state index is 13.1. The number of alkyl halides is 1. The first kappa shape index (κ1) is 11.8. The van der Waals surface area contributed by atoms with E-state index in [4.69, 9.17) is 4.74 Å². The average molecular weight is 216 g/mol. The van der Waals surface area contributed by atoms with Gasteiger partial charge in [-0.1, -0.05) is 0 Å². The molecule has 0 radical (unpaired) electrons. The van der Waals surface area contributed by atoms with Gasteiger partial charge in [-0.3, -0.25) is 14.4 Å². The third-order valence-corrected chi connectivity index (χ3v) is 2.61. The Bertz CT molecular complexity index is 313. The molecule has 5 heteroatoms. The second-order valence-electron chi connectivity index (χ2n) is 3.79. The molecule has 0 aromatic carbocycles. The highest BCUT2D eigenvalue weighted by Crippen LogP contribution is 2.34. The molecule has 84 valence electrons. The van der Waals surface area contributed by atoms with E-state index in [2.05, 4.69) is 0 Å². The van der Waals surface area contributed by atoms with E-state index in [9.17, 15) is 18.8 Å². The van der Waals surface area contributed by atoms with Crippen LogP contribution in [0.15, 0.2) is 0 Å². The average Bonchev–Trinajstić information content (AvgIpc) is 2.15. The minimum absolute atomic E-state index is 0.132. The molecule has 0 amide bonds. The number of ketones is 2. The van der Waals surface area contributed by atoms with Gasteiger partial charge in [-0.25, -0.2) is 4.39 Å². The van der Waals surface area contributed by atoms with Gasteiger partial charge in [0.1, 0.15) is 5.41 Å². The van der Waals surface area contributed by atoms with Gasteiger partial charge < -0.3 is 4.74 Å². The molecule has 1 aliphatic rings. The lowest BCUT2D eigenvalue weighted by molar-refractivity contribution is -0.163. The lowest BCUT2D eigenvalue weighted by Gasteiger charge is -2.30. The Kier molecular flexibility index (Phi) is 3.21. The number of esters is 1. The molecule has 1 fully saturated rings. The van der Waals surface area contributed by atoms with Crippen molar-refractivity contribution in [2.45, 2.75) is 32.9 Å². The van der Waals surface area contributed by atoms with Crippen molar-refractivity contribution in [1.82, 2.24) is 0 Å². The molecule has 0 heterocycles. The summed E-state index contributed by atoms with van der Waals surface area (Å²) in [5.74, 6) is -2.05. The smallest absolute Gasteiger partial charge is 0.319 e. The Balaban J connectivity index is 2.87. The van der Waals surface area contributed by atoms with Crippen molar-refractivity contribution in [3.63, 3.8) is 0 Å². The first-order valence-corrected chi connectivity index (χ1v) is 4.79. The van der Waals surface area contributed by atoms with Crippen LogP contribution in [0.2, 0.25) is 0 Å². The zero-order chi connectivity index (χ0) is 11.6. The minimum atomic E-state index is -1.74. The second-order valence-corrected chi connectivity index (χ2v) is 3.79. The lowest BCUT2D eigenvalue weighted by Crippen LogP contribution is -2.47. The largest absolute Gasteiger partial charge is 0.465 e. The van der Waals surface area contributed by atoms with Crippen LogP contribution < -0.4 is 0 Å². The topological polar surface area (TPSA) is 60.4 Å². The standard InChI is InChI=1S/C10H13FO4/c1-3-15-9(14)10(2)5-6(11)7(12)4-8(10)13/h6H,3-5H2,1-2H3/t6-,10?/m0/s1. The summed E-state index contributed by atoms with van der Waals surface area (Å²) in [7, 11) is 0. The highest BCUT2D eigenvalue weighted by Gasteiger charge is 2.50. The van der Waals surface area contributed by atoms with Gasteiger partial charge in [0.25, 0.3) is 0 Å². The molecule has 0 aromatic rings. The SMILES string of the molecule is CCOC(=O)C1(C)C[C@H](F)C(=O)CC1=O. The molecule has 15 heavy (non-hydrogen) atoms. The van der Waals surface area contributed by atoms with Crippen LogP contribution in [0.5, 0.6) is 0 Å². The fourth-order valence-electron chi connectivity index (χ4n) is 1.54. The van der Waals surface area contributed by atoms with E-state index >= 15 is 0 Å². The van der Waals surface area contributed by atoms with E-state index < -0.39 is 42.0 Å². The molecule has 2 atom stereocenters. The van der Waals surface area contributed by atoms with E-state index in [1.165, 1.54) is 6.92 Å². The van der Waals surface area contributed by atoms with Gasteiger partial charge in [-0.05, 0) is 13.8 Å². The summed E-state index contributed by atoms with van der Waals surface area (Å²) >= 11 is 0. The van der Waals surface area contributed by atoms with Gasteiger partial charge in [0, 0.05) is 6.42 Å². The van der Waals surface area contributed by atoms with Gasteiger partial charge in [-0.2, -0.15) is 0 Å². The van der Waals surface area contributed by atoms with Crippen molar-refractivity contribution >= 4 is 17.5 Å². The predicted octanol–water partition coefficient (Wildman–Crippen LogP) is 0.826. The predicted molar refractivity (Wildman–Crippen MR) is 48.9 cm³/mol. The Morgan fingerprint density at radius 1 is 1.60 bits per heavy atom. The van der Waals surface area contributed by atoms with Gasteiger partial charge in [0.05, 0.1) is 13.0 Å². The van der Waals surface area contributed by atoms with Crippen LogP contribution in [0.1, 0.15) is 26.7 Å². The number of rotatable bonds is 2. The van der Waals surface area contributed by atoms with Crippen LogP contribution in [0.4, 0.5) is 4.39 Å². The zero-order valence-electron chi connectivity index (χ0n) is 8.71. The third-order valence-electron chi connectivity index (χ3n) is 2.61. The van der Waals surface area contributed by atoms with Crippen LogP contribution in [0, 0.1) is 5.41 Å². The van der Waals surface area contributed by atoms with E-state index in [0.717, 1.165) is 0 Å². The van der Waals surface area contributed by atoms with E-state index in [-0.39, 0.29) is 6.61 Å². The maximum absolute atomic E-state index is 13.1. The molecular weight excluding hydrogens is 203 g/mol. The normalized spacial score (nSPS) is 31.5. The molecule has 0 aromatic heterocycles. The van der Waals surface area contributed by atoms with E-state index in [1.54, 1.807) is 6.92 Å². The van der Waals surface area contributed by atoms with Crippen LogP contribution >= 0.6 is 0 Å². The molecule has 0 N–H and O–H groups in total. The Morgan fingerprint density at radius 2 is 2.20 bits per heavy atom. The monoisotopic (exact) mass is 216 g/mol. The fraction of sp³-hybridized carbons (Fsp3) is 0.700. The Morgan fingerprint density at radius 3 is 2.73 bits per heavy atom. The van der Waals surface area contributed by atoms with Crippen LogP contribution in [0.25, 0.3) is 0 Å². The second kappa shape index (κ2) is 4.08. The number of halogens is 1. The van der Waals surface area contributed by atoms with E-state index in [0.29, 0.717) is 0 Å². The summed E-state index contributed by atoms with van der Waals surface area (Å²) in [4.78, 5) is 33.9. The number of hydrogen-bond acceptors (Lipinski definition) is 4. The molecule has 0 bridgehead atoms. The van der Waals surface area contributed by atoms with Crippen LogP contribution in [0.3, 0.4) is 0 Å². The third kappa shape index (κ3) is 2.06. The number of Topliss-reactive ketones (excluding diaryl/α,β-unsaturated/α-hetero) is 2. The van der Waals surface area contributed by atoms with Crippen LogP contribution in [-0.2, 0) is 19.1 Å². The number of carbonyl (C=O) groups excluding carboxylic acids is 3. The summed E-state index contributed by atoms with van der Waals surface area (Å²) in [6.07, 6.45) is -2.66. The van der Waals surface area contributed by atoms with Gasteiger partial charge in [0.2, 0.25) is 0 Å². The first-order valence-electron chi connectivity index (χ1n) is 4.79. The summed E-state index contributed by atoms with van der Waals surface area (Å²) in [6, 6.07) is 0. The van der Waals surface area contributed by atoms with Gasteiger partial charge in [-0.15, -0.1) is 0 Å². The highest BCUT2D eigenvalue weighted by atomic mass is 19.1. The minimum Gasteiger partial charge on any atom is -0.465 e. The quantitative estimate of drug-likeness (QED) is 0.506. The Labute approximate surface area is 86.8 Å². The molecular formula is C10H13FO4. The molecule has 0 aliphatic heterocycles. The fourth-order valence-corrected chi connectivity index (χ4v) is 1.54. The lowest BCUT2D eigenvalue weighted by atomic mass is 9.73. The summed E-state index contributed by atoms with van der Waals surface area (Å²) in [5, 5.41) is 0. The highest BCUT2D eigenvalue weighted by molar-refractivity contribution is 6.14. The summed E-state index contributed by atoms with van der Waals surface area (Å²) in [6.45, 7) is 3.06.